The Labute approximate surface area is 366 Å². The molecule has 0 saturated carbocycles. The third kappa shape index (κ3) is 12.2. The molecule has 0 unspecified atom stereocenters. The Morgan fingerprint density at radius 1 is 0.390 bits per heavy atom. The number of rotatable bonds is 14. The first kappa shape index (κ1) is 45.2. The van der Waals surface area contributed by atoms with Crippen LogP contribution in [0.4, 0.5) is 11.4 Å². The van der Waals surface area contributed by atoms with Gasteiger partial charge in [-0.25, -0.2) is 0 Å². The van der Waals surface area contributed by atoms with Gasteiger partial charge in [-0.05, 0) is 69.8 Å². The van der Waals surface area contributed by atoms with Gasteiger partial charge in [0.05, 0.1) is 52.9 Å². The van der Waals surface area contributed by atoms with Crippen LogP contribution in [0.5, 0.6) is 46.0 Å². The van der Waals surface area contributed by atoms with Crippen LogP contribution in [0.25, 0.3) is 0 Å². The summed E-state index contributed by atoms with van der Waals surface area (Å²) in [5.74, 6) is 0.288. The van der Waals surface area contributed by atoms with E-state index in [1.54, 1.807) is 72.8 Å². The van der Waals surface area contributed by atoms with E-state index < -0.39 is 0 Å². The molecule has 6 aromatic rings. The molecule has 0 aromatic heterocycles. The van der Waals surface area contributed by atoms with Gasteiger partial charge in [0, 0.05) is 24.9 Å². The molecule has 0 atom stereocenters. The zero-order valence-corrected chi connectivity index (χ0v) is 37.0. The molecule has 0 aliphatic carbocycles. The van der Waals surface area contributed by atoms with Crippen molar-refractivity contribution in [3.8, 4) is 46.0 Å². The maximum atomic E-state index is 12.2. The molecule has 0 aliphatic rings. The predicted octanol–water partition coefficient (Wildman–Crippen LogP) is 6.44. The Morgan fingerprint density at radius 2 is 0.678 bits per heavy atom. The van der Waals surface area contributed by atoms with Gasteiger partial charge in [0.15, 0.2) is 0 Å². The van der Waals surface area contributed by atoms with Gasteiger partial charge in [-0.15, -0.1) is 0 Å². The summed E-state index contributed by atoms with van der Waals surface area (Å²) < 4.78 is 20.2. The van der Waals surface area contributed by atoms with Crippen molar-refractivity contribution >= 4 is 36.2 Å². The van der Waals surface area contributed by atoms with Gasteiger partial charge in [0.1, 0.15) is 23.0 Å². The second-order valence-electron chi connectivity index (χ2n) is 12.2. The van der Waals surface area contributed by atoms with E-state index in [1.807, 2.05) is 48.5 Å². The number of hydrogen-bond acceptors (Lipinski definition) is 12. The Morgan fingerprint density at radius 3 is 0.983 bits per heavy atom. The van der Waals surface area contributed by atoms with Crippen molar-refractivity contribution in [2.75, 3.05) is 28.4 Å². The van der Waals surface area contributed by atoms with Crippen molar-refractivity contribution in [3.05, 3.63) is 155 Å². The number of aliphatic imine (C=N–C) groups is 4. The van der Waals surface area contributed by atoms with Crippen LogP contribution in [-0.4, -0.2) is 53.3 Å². The quantitative estimate of drug-likeness (QED) is 0.112. The van der Waals surface area contributed by atoms with E-state index >= 15 is 0 Å². The third-order valence-corrected chi connectivity index (χ3v) is 8.57. The molecular formula is C46H40N4O8U. The fourth-order valence-electron chi connectivity index (χ4n) is 5.48. The second-order valence-corrected chi connectivity index (χ2v) is 12.2. The first-order valence-electron chi connectivity index (χ1n) is 17.9. The van der Waals surface area contributed by atoms with Crippen molar-refractivity contribution in [1.29, 1.82) is 0 Å². The molecular weight excluding hydrogens is 975 g/mol. The summed E-state index contributed by atoms with van der Waals surface area (Å²) in [7, 11) is 5.84. The van der Waals surface area contributed by atoms with Gasteiger partial charge in [-0.3, -0.25) is 20.0 Å². The Bertz CT molecular complexity index is 2270. The van der Waals surface area contributed by atoms with Crippen LogP contribution >= 0.6 is 0 Å². The SMILES string of the molecule is COc1cccc(C=NCc2ccccc2N=Cc2cccc(OC)c2[O-])c1[O-].COc1cccc(C=NCc2ccccc2N=Cc2cccc(OC)c2[O-])c1[O-].[U+4]. The molecule has 0 amide bonds. The molecule has 0 spiro atoms. The van der Waals surface area contributed by atoms with Crippen LogP contribution in [0.1, 0.15) is 33.4 Å². The molecule has 59 heavy (non-hydrogen) atoms. The summed E-state index contributed by atoms with van der Waals surface area (Å²) in [5.41, 5.74) is 4.91. The number of ether oxygens (including phenoxy) is 4. The van der Waals surface area contributed by atoms with Gasteiger partial charge < -0.3 is 39.4 Å². The molecule has 6 rings (SSSR count). The van der Waals surface area contributed by atoms with Gasteiger partial charge >= 0.3 is 31.1 Å². The van der Waals surface area contributed by atoms with E-state index in [4.69, 9.17) is 18.9 Å². The third-order valence-electron chi connectivity index (χ3n) is 8.57. The maximum absolute atomic E-state index is 12.2. The topological polar surface area (TPSA) is 179 Å². The number of para-hydroxylation sites is 6. The molecule has 0 N–H and O–H groups in total. The van der Waals surface area contributed by atoms with Gasteiger partial charge in [0.2, 0.25) is 0 Å². The molecule has 12 nitrogen and oxygen atoms in total. The summed E-state index contributed by atoms with van der Waals surface area (Å²) in [5, 5.41) is 48.8. The molecule has 6 aromatic carbocycles. The minimum Gasteiger partial charge on any atom is -0.870 e. The predicted molar refractivity (Wildman–Crippen MR) is 220 cm³/mol. The van der Waals surface area contributed by atoms with Crippen molar-refractivity contribution in [3.63, 3.8) is 0 Å². The van der Waals surface area contributed by atoms with E-state index in [-0.39, 0.29) is 77.1 Å². The van der Waals surface area contributed by atoms with Crippen LogP contribution in [0.2, 0.25) is 0 Å². The minimum atomic E-state index is -0.213. The summed E-state index contributed by atoms with van der Waals surface area (Å²) >= 11 is 0. The van der Waals surface area contributed by atoms with E-state index in [0.29, 0.717) is 46.7 Å². The summed E-state index contributed by atoms with van der Waals surface area (Å²) in [4.78, 5) is 17.6. The van der Waals surface area contributed by atoms with Gasteiger partial charge in [-0.1, -0.05) is 108 Å². The number of methoxy groups -OCH3 is 4. The minimum absolute atomic E-state index is 0. The molecule has 13 heteroatoms. The smallest absolute Gasteiger partial charge is 0.870 e. The van der Waals surface area contributed by atoms with Crippen LogP contribution in [-0.2, 0) is 13.1 Å². The van der Waals surface area contributed by atoms with E-state index in [1.165, 1.54) is 53.3 Å². The van der Waals surface area contributed by atoms with Crippen LogP contribution in [0.3, 0.4) is 0 Å². The normalized spacial score (nSPS) is 11.1. The van der Waals surface area contributed by atoms with Gasteiger partial charge in [0.25, 0.3) is 0 Å². The van der Waals surface area contributed by atoms with E-state index in [0.717, 1.165) is 11.1 Å². The van der Waals surface area contributed by atoms with Crippen molar-refractivity contribution in [1.82, 2.24) is 0 Å². The van der Waals surface area contributed by atoms with Crippen LogP contribution in [0.15, 0.2) is 141 Å². The Kier molecular flexibility index (Phi) is 17.6. The molecule has 0 fully saturated rings. The molecule has 0 radical (unpaired) electrons. The maximum Gasteiger partial charge on any atom is 4.00 e. The molecule has 0 heterocycles. The largest absolute Gasteiger partial charge is 4.00 e. The van der Waals surface area contributed by atoms with E-state index in [9.17, 15) is 20.4 Å². The Hall–Kier alpha value is -6.55. The zero-order chi connectivity index (χ0) is 41.3. The first-order valence-corrected chi connectivity index (χ1v) is 17.9. The molecule has 296 valence electrons. The van der Waals surface area contributed by atoms with Crippen molar-refractivity contribution < 1.29 is 70.5 Å². The van der Waals surface area contributed by atoms with Crippen molar-refractivity contribution in [2.24, 2.45) is 20.0 Å². The standard InChI is InChI=1S/2C23H22N2O4.U/c2*1-28-20-11-5-8-17(22(20)26)14-24-13-16-7-3-4-10-19(16)25-15-18-9-6-12-21(29-2)23(18)27;/h2*3-12,14-15,26-27H,13H2,1-2H3;/q;;+4/p-4. The molecule has 0 saturated heterocycles. The Balaban J connectivity index is 0.000000256. The average Bonchev–Trinajstić information content (AvgIpc) is 3.25. The van der Waals surface area contributed by atoms with Crippen LogP contribution < -0.4 is 39.4 Å². The molecule has 0 aliphatic heterocycles. The zero-order valence-electron chi connectivity index (χ0n) is 32.8. The van der Waals surface area contributed by atoms with Crippen LogP contribution in [0, 0.1) is 31.1 Å². The van der Waals surface area contributed by atoms with Gasteiger partial charge in [-0.2, -0.15) is 0 Å². The fourth-order valence-corrected chi connectivity index (χ4v) is 5.48. The molecule has 0 bridgehead atoms. The summed E-state index contributed by atoms with van der Waals surface area (Å²) in [6.07, 6.45) is 6.10. The number of hydrogen-bond donors (Lipinski definition) is 0. The number of benzene rings is 6. The summed E-state index contributed by atoms with van der Waals surface area (Å²) in [6.45, 7) is 0.680. The monoisotopic (exact) mass is 1010 g/mol. The first-order chi connectivity index (χ1) is 28.3. The number of nitrogens with zero attached hydrogens (tertiary/aromatic N) is 4. The average molecular weight is 1010 g/mol. The second kappa shape index (κ2) is 23.0. The van der Waals surface area contributed by atoms with Crippen molar-refractivity contribution in [2.45, 2.75) is 13.1 Å². The van der Waals surface area contributed by atoms with E-state index in [2.05, 4.69) is 20.0 Å². The summed E-state index contributed by atoms with van der Waals surface area (Å²) in [6, 6.07) is 35.2. The fraction of sp³-hybridized carbons (Fsp3) is 0.130.